The molecule has 0 saturated carbocycles. The third-order valence-corrected chi connectivity index (χ3v) is 2.07. The van der Waals surface area contributed by atoms with E-state index in [-0.39, 0.29) is 23.8 Å². The van der Waals surface area contributed by atoms with Crippen LogP contribution < -0.4 is 16.4 Å². The molecule has 0 aliphatic heterocycles. The highest BCUT2D eigenvalue weighted by molar-refractivity contribution is 5.85. The van der Waals surface area contributed by atoms with Gasteiger partial charge in [0.05, 0.1) is 6.04 Å². The van der Waals surface area contributed by atoms with E-state index in [0.29, 0.717) is 19.4 Å². The number of oxime groups is 1. The van der Waals surface area contributed by atoms with Gasteiger partial charge in [-0.25, -0.2) is 0 Å². The molecule has 0 aromatic heterocycles. The number of nitrogens with zero attached hydrogens (tertiary/aromatic N) is 1. The molecule has 94 valence electrons. The van der Waals surface area contributed by atoms with Gasteiger partial charge in [0, 0.05) is 19.0 Å². The van der Waals surface area contributed by atoms with E-state index >= 15 is 0 Å². The van der Waals surface area contributed by atoms with Crippen LogP contribution in [0.2, 0.25) is 0 Å². The van der Waals surface area contributed by atoms with Gasteiger partial charge in [0.25, 0.3) is 0 Å². The normalized spacial score (nSPS) is 13.9. The molecule has 0 spiro atoms. The smallest absolute Gasteiger partial charge is 0.221 e. The number of hydrogen-bond acceptors (Lipinski definition) is 4. The predicted molar refractivity (Wildman–Crippen MR) is 63.4 cm³/mol. The molecule has 6 nitrogen and oxygen atoms in total. The van der Waals surface area contributed by atoms with Gasteiger partial charge in [-0.05, 0) is 20.3 Å². The van der Waals surface area contributed by atoms with Crippen molar-refractivity contribution in [1.29, 1.82) is 0 Å². The van der Waals surface area contributed by atoms with Crippen LogP contribution in [-0.4, -0.2) is 35.6 Å². The molecule has 16 heavy (non-hydrogen) atoms. The van der Waals surface area contributed by atoms with Crippen molar-refractivity contribution in [3.8, 4) is 0 Å². The van der Waals surface area contributed by atoms with E-state index < -0.39 is 0 Å². The Hall–Kier alpha value is -1.30. The fourth-order valence-electron chi connectivity index (χ4n) is 1.28. The zero-order chi connectivity index (χ0) is 12.6. The molecule has 1 unspecified atom stereocenters. The summed E-state index contributed by atoms with van der Waals surface area (Å²) in [5.41, 5.74) is 5.46. The van der Waals surface area contributed by atoms with Crippen molar-refractivity contribution in [2.75, 3.05) is 6.54 Å². The molecule has 1 amide bonds. The van der Waals surface area contributed by atoms with Crippen LogP contribution in [-0.2, 0) is 4.79 Å². The van der Waals surface area contributed by atoms with Crippen LogP contribution in [0.5, 0.6) is 0 Å². The summed E-state index contributed by atoms with van der Waals surface area (Å²) in [6.07, 6.45) is 1.09. The summed E-state index contributed by atoms with van der Waals surface area (Å²) in [6.45, 7) is 6.25. The van der Waals surface area contributed by atoms with Gasteiger partial charge in [-0.15, -0.1) is 0 Å². The first kappa shape index (κ1) is 14.7. The average Bonchev–Trinajstić information content (AvgIpc) is 2.22. The zero-order valence-electron chi connectivity index (χ0n) is 10.2. The topological polar surface area (TPSA) is 99.7 Å². The van der Waals surface area contributed by atoms with Gasteiger partial charge < -0.3 is 21.6 Å². The van der Waals surface area contributed by atoms with E-state index in [2.05, 4.69) is 15.8 Å². The first-order chi connectivity index (χ1) is 7.51. The van der Waals surface area contributed by atoms with Crippen LogP contribution in [0.3, 0.4) is 0 Å². The largest absolute Gasteiger partial charge is 0.409 e. The van der Waals surface area contributed by atoms with E-state index in [1.807, 2.05) is 20.8 Å². The molecule has 0 fully saturated rings. The number of carbonyl (C=O) groups excluding carboxylic acids is 1. The molecule has 0 saturated heterocycles. The standard InChI is InChI=1S/C10H22N4O2/c1-4-8(10(11)14-16)12-6-5-9(15)13-7(2)3/h7-8,12,16H,4-6H2,1-3H3,(H2,11,14)(H,13,15). The van der Waals surface area contributed by atoms with Crippen molar-refractivity contribution >= 4 is 11.7 Å². The lowest BCUT2D eigenvalue weighted by Crippen LogP contribution is -2.42. The second kappa shape index (κ2) is 7.92. The van der Waals surface area contributed by atoms with Crippen LogP contribution in [0.4, 0.5) is 0 Å². The van der Waals surface area contributed by atoms with E-state index in [1.165, 1.54) is 0 Å². The maximum Gasteiger partial charge on any atom is 0.221 e. The lowest BCUT2D eigenvalue weighted by atomic mass is 10.2. The van der Waals surface area contributed by atoms with Gasteiger partial charge in [0.15, 0.2) is 5.84 Å². The molecule has 0 aromatic carbocycles. The van der Waals surface area contributed by atoms with Gasteiger partial charge >= 0.3 is 0 Å². The van der Waals surface area contributed by atoms with Gasteiger partial charge in [-0.1, -0.05) is 12.1 Å². The summed E-state index contributed by atoms with van der Waals surface area (Å²) in [6, 6.07) is -0.0320. The number of amides is 1. The van der Waals surface area contributed by atoms with Crippen LogP contribution >= 0.6 is 0 Å². The van der Waals surface area contributed by atoms with E-state index in [1.54, 1.807) is 0 Å². The minimum absolute atomic E-state index is 0.00291. The van der Waals surface area contributed by atoms with E-state index in [0.717, 1.165) is 0 Å². The minimum atomic E-state index is -0.183. The lowest BCUT2D eigenvalue weighted by molar-refractivity contribution is -0.121. The Kier molecular flexibility index (Phi) is 7.28. The molecule has 0 aromatic rings. The van der Waals surface area contributed by atoms with Gasteiger partial charge in [-0.3, -0.25) is 4.79 Å². The van der Waals surface area contributed by atoms with Crippen molar-refractivity contribution in [3.63, 3.8) is 0 Å². The highest BCUT2D eigenvalue weighted by Crippen LogP contribution is 1.91. The van der Waals surface area contributed by atoms with E-state index in [4.69, 9.17) is 10.9 Å². The van der Waals surface area contributed by atoms with Gasteiger partial charge in [0.2, 0.25) is 5.91 Å². The number of amidine groups is 1. The summed E-state index contributed by atoms with van der Waals surface area (Å²) >= 11 is 0. The van der Waals surface area contributed by atoms with Gasteiger partial charge in [0.1, 0.15) is 0 Å². The SMILES string of the molecule is CCC(NCCC(=O)NC(C)C)C(N)=NO. The fraction of sp³-hybridized carbons (Fsp3) is 0.800. The Morgan fingerprint density at radius 2 is 2.12 bits per heavy atom. The summed E-state index contributed by atoms with van der Waals surface area (Å²) in [7, 11) is 0. The molecule has 0 bridgehead atoms. The summed E-state index contributed by atoms with van der Waals surface area (Å²) in [5, 5.41) is 17.3. The third kappa shape index (κ3) is 6.23. The number of carbonyl (C=O) groups is 1. The Labute approximate surface area is 96.3 Å². The number of rotatable bonds is 7. The maximum absolute atomic E-state index is 11.3. The molecule has 0 aliphatic carbocycles. The Morgan fingerprint density at radius 3 is 2.56 bits per heavy atom. The molecular formula is C10H22N4O2. The zero-order valence-corrected chi connectivity index (χ0v) is 10.2. The molecule has 5 N–H and O–H groups in total. The monoisotopic (exact) mass is 230 g/mol. The molecule has 1 atom stereocenters. The summed E-state index contributed by atoms with van der Waals surface area (Å²) < 4.78 is 0. The average molecular weight is 230 g/mol. The van der Waals surface area contributed by atoms with Crippen molar-refractivity contribution < 1.29 is 10.0 Å². The van der Waals surface area contributed by atoms with Crippen LogP contribution in [0.15, 0.2) is 5.16 Å². The highest BCUT2D eigenvalue weighted by atomic mass is 16.4. The Bertz CT molecular complexity index is 241. The molecule has 0 rings (SSSR count). The molecule has 0 aliphatic rings. The minimum Gasteiger partial charge on any atom is -0.409 e. The number of nitrogens with one attached hydrogen (secondary N) is 2. The van der Waals surface area contributed by atoms with Gasteiger partial charge in [-0.2, -0.15) is 0 Å². The van der Waals surface area contributed by atoms with E-state index in [9.17, 15) is 4.79 Å². The van der Waals surface area contributed by atoms with Crippen LogP contribution in [0, 0.1) is 0 Å². The summed E-state index contributed by atoms with van der Waals surface area (Å²) in [4.78, 5) is 11.3. The molecular weight excluding hydrogens is 208 g/mol. The third-order valence-electron chi connectivity index (χ3n) is 2.07. The van der Waals surface area contributed by atoms with Crippen molar-refractivity contribution in [2.24, 2.45) is 10.9 Å². The molecule has 0 radical (unpaired) electrons. The first-order valence-corrected chi connectivity index (χ1v) is 5.51. The second-order valence-corrected chi connectivity index (χ2v) is 3.91. The quantitative estimate of drug-likeness (QED) is 0.214. The predicted octanol–water partition coefficient (Wildman–Crippen LogP) is 0.0157. The van der Waals surface area contributed by atoms with Crippen LogP contribution in [0.25, 0.3) is 0 Å². The lowest BCUT2D eigenvalue weighted by Gasteiger charge is -2.15. The Morgan fingerprint density at radius 1 is 1.50 bits per heavy atom. The van der Waals surface area contributed by atoms with Crippen molar-refractivity contribution in [2.45, 2.75) is 45.7 Å². The summed E-state index contributed by atoms with van der Waals surface area (Å²) in [5.74, 6) is 0.142. The van der Waals surface area contributed by atoms with Crippen molar-refractivity contribution in [1.82, 2.24) is 10.6 Å². The maximum atomic E-state index is 11.3. The first-order valence-electron chi connectivity index (χ1n) is 5.51. The Balaban J connectivity index is 3.83. The molecule has 6 heteroatoms. The second-order valence-electron chi connectivity index (χ2n) is 3.91. The number of hydrogen-bond donors (Lipinski definition) is 4. The van der Waals surface area contributed by atoms with Crippen molar-refractivity contribution in [3.05, 3.63) is 0 Å². The highest BCUT2D eigenvalue weighted by Gasteiger charge is 2.11. The molecule has 0 heterocycles. The number of nitrogens with two attached hydrogens (primary N) is 1. The fourth-order valence-corrected chi connectivity index (χ4v) is 1.28. The van der Waals surface area contributed by atoms with Crippen LogP contribution in [0.1, 0.15) is 33.6 Å².